The molecule has 4 nitrogen and oxygen atoms in total. The van der Waals surface area contributed by atoms with Crippen LogP contribution in [0.25, 0.3) is 43.8 Å². The Morgan fingerprint density at radius 2 is 0.946 bits per heavy atom. The molecule has 6 rings (SSSR count). The standard InChI is InChI=1S/2C21H23.C6H12BN2O2.2ClH.Zr/c2*1-5-7-17-12-18-8-6-9-20(21(18)13-17)19-11-10-14(2)15(3)16(19)4;1-3-5(10)8-7-9-6(11)4-2;;;/h2*6,8-13H,5,7H2,1-4H3;3-4H2,1-2H3,(H,8,10)(H,9,11);2*1H;/q2*-1;;;;+4/p-2. The Morgan fingerprint density at radius 3 is 1.29 bits per heavy atom. The fourth-order valence-corrected chi connectivity index (χ4v) is 6.83. The van der Waals surface area contributed by atoms with Crippen LogP contribution in [-0.4, -0.2) is 19.4 Å². The summed E-state index contributed by atoms with van der Waals surface area (Å²) in [5, 5.41) is 10.3. The van der Waals surface area contributed by atoms with Crippen molar-refractivity contribution in [3.63, 3.8) is 0 Å². The normalized spacial score (nSPS) is 10.3. The second-order valence-corrected chi connectivity index (χ2v) is 18.0. The molecule has 6 aromatic carbocycles. The number of hydrogen-bond donors (Lipinski definition) is 2. The Kier molecular flexibility index (Phi) is 19.9. The second kappa shape index (κ2) is 23.7. The molecule has 8 heteroatoms. The van der Waals surface area contributed by atoms with E-state index in [-0.39, 0.29) is 11.8 Å². The number of rotatable bonds is 10. The first kappa shape index (κ1) is 46.9. The summed E-state index contributed by atoms with van der Waals surface area (Å²) >= 11 is -0.826. The molecule has 0 fully saturated rings. The third-order valence-corrected chi connectivity index (χ3v) is 10.5. The van der Waals surface area contributed by atoms with E-state index < -0.39 is 20.8 Å². The molecule has 0 bridgehead atoms. The van der Waals surface area contributed by atoms with Crippen LogP contribution < -0.4 is 10.5 Å². The predicted molar refractivity (Wildman–Crippen MR) is 241 cm³/mol. The summed E-state index contributed by atoms with van der Waals surface area (Å²) in [5.74, 6) is -0.220. The molecule has 0 aliphatic rings. The van der Waals surface area contributed by atoms with Gasteiger partial charge in [-0.05, 0) is 98.9 Å². The summed E-state index contributed by atoms with van der Waals surface area (Å²) in [5.41, 5.74) is 16.8. The molecule has 0 saturated carbocycles. The summed E-state index contributed by atoms with van der Waals surface area (Å²) in [6.45, 7) is 21.3. The van der Waals surface area contributed by atoms with E-state index in [4.69, 9.17) is 17.0 Å². The number of carbonyl (C=O) groups excluding carboxylic acids is 2. The molecule has 6 aromatic rings. The van der Waals surface area contributed by atoms with E-state index in [0.29, 0.717) is 12.8 Å². The van der Waals surface area contributed by atoms with Crippen molar-refractivity contribution in [2.45, 2.75) is 108 Å². The van der Waals surface area contributed by atoms with Crippen molar-refractivity contribution in [1.82, 2.24) is 10.5 Å². The minimum atomic E-state index is -0.826. The number of nitrogens with one attached hydrogen (secondary N) is 2. The van der Waals surface area contributed by atoms with Crippen molar-refractivity contribution < 1.29 is 30.4 Å². The topological polar surface area (TPSA) is 58.2 Å². The number of hydrogen-bond acceptors (Lipinski definition) is 2. The van der Waals surface area contributed by atoms with Gasteiger partial charge in [-0.1, -0.05) is 88.1 Å². The van der Waals surface area contributed by atoms with Gasteiger partial charge >= 0.3 is 45.4 Å². The number of benzene rings is 4. The monoisotopic (exact) mass is 865 g/mol. The number of amides is 2. The van der Waals surface area contributed by atoms with Gasteiger partial charge in [-0.2, -0.15) is 12.1 Å². The molecule has 2 amide bonds. The number of fused-ring (bicyclic) bond motifs is 2. The summed E-state index contributed by atoms with van der Waals surface area (Å²) in [4.78, 5) is 21.2. The zero-order valence-electron chi connectivity index (χ0n) is 35.0. The van der Waals surface area contributed by atoms with Gasteiger partial charge in [0.05, 0.1) is 0 Å². The maximum atomic E-state index is 10.6. The first-order valence-electron chi connectivity index (χ1n) is 19.7. The number of halogens is 2. The van der Waals surface area contributed by atoms with Crippen molar-refractivity contribution in [1.29, 1.82) is 0 Å². The van der Waals surface area contributed by atoms with E-state index in [1.54, 1.807) is 13.8 Å². The van der Waals surface area contributed by atoms with Gasteiger partial charge in [0, 0.05) is 12.8 Å². The van der Waals surface area contributed by atoms with Crippen LogP contribution in [0.2, 0.25) is 0 Å². The molecule has 0 saturated heterocycles. The quantitative estimate of drug-likeness (QED) is 0.106. The second-order valence-electron chi connectivity index (χ2n) is 14.3. The van der Waals surface area contributed by atoms with Gasteiger partial charge in [0.15, 0.2) is 0 Å². The van der Waals surface area contributed by atoms with E-state index in [2.05, 4.69) is 151 Å². The summed E-state index contributed by atoms with van der Waals surface area (Å²) in [6, 6.07) is 31.8. The van der Waals surface area contributed by atoms with E-state index in [1.165, 1.54) is 122 Å². The van der Waals surface area contributed by atoms with Gasteiger partial charge in [0.25, 0.3) is 0 Å². The molecule has 0 heterocycles. The zero-order valence-corrected chi connectivity index (χ0v) is 38.9. The predicted octanol–water partition coefficient (Wildman–Crippen LogP) is 13.2. The Hall–Kier alpha value is -3.43. The molecule has 293 valence electrons. The van der Waals surface area contributed by atoms with Crippen molar-refractivity contribution >= 4 is 57.9 Å². The van der Waals surface area contributed by atoms with Gasteiger partial charge in [-0.15, -0.1) is 69.1 Å². The SMILES string of the molecule is CCC(=O)N[B]NC(=O)CC.CCCc1cc2c(-c3ccc(C)c(C)c3C)cccc2[cH-]1.CCCc1cc2c(-c3ccc(C)c(C)c3C)cccc2[cH-]1.[Cl][Zr+2][Cl]. The molecular weight excluding hydrogens is 809 g/mol. The van der Waals surface area contributed by atoms with Crippen LogP contribution in [-0.2, 0) is 43.3 Å². The number of aryl methyl sites for hydroxylation is 4. The molecular formula is C48H58BCl2N2O2Zr. The maximum absolute atomic E-state index is 10.6. The van der Waals surface area contributed by atoms with Crippen LogP contribution in [0.3, 0.4) is 0 Å². The Balaban J connectivity index is 0.000000228. The average Bonchev–Trinajstić information content (AvgIpc) is 3.81. The van der Waals surface area contributed by atoms with E-state index in [9.17, 15) is 9.59 Å². The molecule has 0 aromatic heterocycles. The van der Waals surface area contributed by atoms with Crippen LogP contribution >= 0.6 is 17.0 Å². The molecule has 0 aliphatic heterocycles. The number of carbonyl (C=O) groups is 2. The Bertz CT molecular complexity index is 2050. The van der Waals surface area contributed by atoms with Gasteiger partial charge < -0.3 is 10.5 Å². The third-order valence-electron chi connectivity index (χ3n) is 10.5. The summed E-state index contributed by atoms with van der Waals surface area (Å²) in [6.07, 6.45) is 5.57. The van der Waals surface area contributed by atoms with Crippen LogP contribution in [0.4, 0.5) is 0 Å². The summed E-state index contributed by atoms with van der Waals surface area (Å²) in [7, 11) is 11.1. The van der Waals surface area contributed by atoms with Crippen molar-refractivity contribution in [3.05, 3.63) is 129 Å². The third kappa shape index (κ3) is 12.8. The van der Waals surface area contributed by atoms with Gasteiger partial charge in [0.1, 0.15) is 0 Å². The molecule has 0 aliphatic carbocycles. The molecule has 0 atom stereocenters. The fraction of sp³-hybridized carbons (Fsp3) is 0.333. The van der Waals surface area contributed by atoms with Crippen molar-refractivity contribution in [2.24, 2.45) is 0 Å². The minimum absolute atomic E-state index is 0.110. The fourth-order valence-electron chi connectivity index (χ4n) is 6.83. The zero-order chi connectivity index (χ0) is 41.4. The van der Waals surface area contributed by atoms with Crippen molar-refractivity contribution in [2.75, 3.05) is 0 Å². The molecule has 2 N–H and O–H groups in total. The van der Waals surface area contributed by atoms with Crippen LogP contribution in [0.1, 0.15) is 97.9 Å². The van der Waals surface area contributed by atoms with E-state index in [0.717, 1.165) is 0 Å². The first-order chi connectivity index (χ1) is 26.8. The van der Waals surface area contributed by atoms with Crippen molar-refractivity contribution in [3.8, 4) is 22.3 Å². The van der Waals surface area contributed by atoms with Gasteiger partial charge in [-0.3, -0.25) is 9.59 Å². The first-order valence-corrected chi connectivity index (χ1v) is 26.1. The van der Waals surface area contributed by atoms with Crippen LogP contribution in [0, 0.1) is 41.5 Å². The van der Waals surface area contributed by atoms with E-state index in [1.807, 2.05) is 0 Å². The summed E-state index contributed by atoms with van der Waals surface area (Å²) < 4.78 is 0. The average molecular weight is 868 g/mol. The molecule has 1 radical (unpaired) electrons. The Morgan fingerprint density at radius 1 is 0.571 bits per heavy atom. The molecule has 0 unspecified atom stereocenters. The van der Waals surface area contributed by atoms with Crippen LogP contribution in [0.15, 0.2) is 84.9 Å². The Labute approximate surface area is 355 Å². The van der Waals surface area contributed by atoms with Gasteiger partial charge in [-0.25, -0.2) is 0 Å². The van der Waals surface area contributed by atoms with Gasteiger partial charge in [0.2, 0.25) is 11.8 Å². The molecule has 0 spiro atoms. The molecule has 56 heavy (non-hydrogen) atoms. The van der Waals surface area contributed by atoms with Crippen LogP contribution in [0.5, 0.6) is 0 Å². The van der Waals surface area contributed by atoms with E-state index >= 15 is 0 Å².